The second-order valence-corrected chi connectivity index (χ2v) is 6.07. The van der Waals surface area contributed by atoms with Crippen molar-refractivity contribution in [2.24, 2.45) is 0 Å². The summed E-state index contributed by atoms with van der Waals surface area (Å²) in [5, 5.41) is 26.0. The van der Waals surface area contributed by atoms with Gasteiger partial charge in [0.1, 0.15) is 12.2 Å². The Morgan fingerprint density at radius 2 is 2.04 bits per heavy atom. The molecular formula is C16H25N3O4. The van der Waals surface area contributed by atoms with Gasteiger partial charge in [-0.15, -0.1) is 0 Å². The van der Waals surface area contributed by atoms with Crippen LogP contribution in [0.25, 0.3) is 0 Å². The van der Waals surface area contributed by atoms with Crippen LogP contribution in [0.2, 0.25) is 0 Å². The Balaban J connectivity index is 1.78. The number of ether oxygens (including phenoxy) is 1. The number of carbonyl (C=O) groups excluding carboxylic acids is 1. The number of aromatic nitrogens is 1. The molecule has 0 unspecified atom stereocenters. The van der Waals surface area contributed by atoms with Crippen molar-refractivity contribution >= 4 is 5.91 Å². The Bertz CT molecular complexity index is 497. The molecule has 2 rings (SSSR count). The Hall–Kier alpha value is -1.54. The molecule has 4 atom stereocenters. The van der Waals surface area contributed by atoms with E-state index in [4.69, 9.17) is 4.74 Å². The number of aliphatic hydroxyl groups is 2. The van der Waals surface area contributed by atoms with Crippen molar-refractivity contribution in [2.75, 3.05) is 6.54 Å². The lowest BCUT2D eigenvalue weighted by Crippen LogP contribution is -2.39. The van der Waals surface area contributed by atoms with Crippen LogP contribution in [-0.4, -0.2) is 58.1 Å². The van der Waals surface area contributed by atoms with Gasteiger partial charge in [0.25, 0.3) is 0 Å². The largest absolute Gasteiger partial charge is 0.388 e. The van der Waals surface area contributed by atoms with E-state index in [-0.39, 0.29) is 18.4 Å². The lowest BCUT2D eigenvalue weighted by atomic mass is 10.1. The minimum Gasteiger partial charge on any atom is -0.388 e. The molecule has 0 aromatic carbocycles. The first-order valence-corrected chi connectivity index (χ1v) is 7.89. The normalized spacial score (nSPS) is 27.3. The van der Waals surface area contributed by atoms with E-state index < -0.39 is 24.4 Å². The van der Waals surface area contributed by atoms with Gasteiger partial charge in [-0.05, 0) is 26.0 Å². The van der Waals surface area contributed by atoms with Gasteiger partial charge in [0.15, 0.2) is 0 Å². The molecule has 1 aromatic rings. The van der Waals surface area contributed by atoms with Crippen molar-refractivity contribution in [2.45, 2.75) is 57.3 Å². The Labute approximate surface area is 136 Å². The van der Waals surface area contributed by atoms with E-state index >= 15 is 0 Å². The number of aliphatic hydroxyl groups excluding tert-OH is 2. The third kappa shape index (κ3) is 5.24. The first-order valence-electron chi connectivity index (χ1n) is 7.89. The highest BCUT2D eigenvalue weighted by Gasteiger charge is 2.43. The predicted molar refractivity (Wildman–Crippen MR) is 84.5 cm³/mol. The Morgan fingerprint density at radius 1 is 1.30 bits per heavy atom. The van der Waals surface area contributed by atoms with E-state index in [9.17, 15) is 15.0 Å². The number of hydrogen-bond donors (Lipinski definition) is 4. The smallest absolute Gasteiger partial charge is 0.222 e. The minimum atomic E-state index is -1.06. The number of nitrogens with one attached hydrogen (secondary N) is 2. The van der Waals surface area contributed by atoms with Crippen molar-refractivity contribution in [3.05, 3.63) is 30.1 Å². The van der Waals surface area contributed by atoms with Gasteiger partial charge in [-0.2, -0.15) is 0 Å². The second kappa shape index (κ2) is 8.35. The van der Waals surface area contributed by atoms with Gasteiger partial charge < -0.3 is 25.6 Å². The first-order chi connectivity index (χ1) is 11.0. The van der Waals surface area contributed by atoms with E-state index in [1.54, 1.807) is 6.20 Å². The summed E-state index contributed by atoms with van der Waals surface area (Å²) in [6.07, 6.45) is -1.56. The Kier molecular flexibility index (Phi) is 6.47. The molecule has 0 radical (unpaired) electrons. The first kappa shape index (κ1) is 17.8. The van der Waals surface area contributed by atoms with E-state index in [0.29, 0.717) is 13.1 Å². The van der Waals surface area contributed by atoms with Crippen LogP contribution in [0.3, 0.4) is 0 Å². The summed E-state index contributed by atoms with van der Waals surface area (Å²) < 4.78 is 5.63. The van der Waals surface area contributed by atoms with Crippen LogP contribution in [0.1, 0.15) is 26.0 Å². The molecule has 0 aliphatic carbocycles. The molecule has 4 N–H and O–H groups in total. The highest BCUT2D eigenvalue weighted by molar-refractivity contribution is 5.76. The fourth-order valence-corrected chi connectivity index (χ4v) is 2.57. The fourth-order valence-electron chi connectivity index (χ4n) is 2.57. The van der Waals surface area contributed by atoms with Crippen molar-refractivity contribution in [1.29, 1.82) is 0 Å². The fraction of sp³-hybridized carbons (Fsp3) is 0.625. The molecule has 128 valence electrons. The summed E-state index contributed by atoms with van der Waals surface area (Å²) in [7, 11) is 0. The predicted octanol–water partition coefficient (Wildman–Crippen LogP) is -0.425. The molecule has 1 amide bonds. The van der Waals surface area contributed by atoms with Crippen molar-refractivity contribution in [1.82, 2.24) is 15.6 Å². The maximum Gasteiger partial charge on any atom is 0.222 e. The summed E-state index contributed by atoms with van der Waals surface area (Å²) in [5.41, 5.74) is 0.883. The lowest BCUT2D eigenvalue weighted by Gasteiger charge is -2.15. The van der Waals surface area contributed by atoms with Gasteiger partial charge in [0, 0.05) is 25.3 Å². The van der Waals surface area contributed by atoms with Crippen molar-refractivity contribution in [3.63, 3.8) is 0 Å². The highest BCUT2D eigenvalue weighted by atomic mass is 16.5. The molecule has 1 aromatic heterocycles. The molecule has 1 saturated heterocycles. The van der Waals surface area contributed by atoms with E-state index in [1.807, 2.05) is 32.0 Å². The zero-order valence-corrected chi connectivity index (χ0v) is 13.5. The molecule has 23 heavy (non-hydrogen) atoms. The average molecular weight is 323 g/mol. The van der Waals surface area contributed by atoms with Gasteiger partial charge in [0.2, 0.25) is 5.91 Å². The zero-order valence-electron chi connectivity index (χ0n) is 13.5. The third-order valence-corrected chi connectivity index (χ3v) is 3.68. The molecule has 7 heteroatoms. The number of amides is 1. The van der Waals surface area contributed by atoms with E-state index in [2.05, 4.69) is 15.6 Å². The maximum atomic E-state index is 11.8. The number of rotatable bonds is 7. The van der Waals surface area contributed by atoms with E-state index in [1.165, 1.54) is 0 Å². The molecule has 0 bridgehead atoms. The van der Waals surface area contributed by atoms with Gasteiger partial charge in [-0.25, -0.2) is 0 Å². The summed E-state index contributed by atoms with van der Waals surface area (Å²) in [6, 6.07) is 5.67. The van der Waals surface area contributed by atoms with Crippen molar-refractivity contribution < 1.29 is 19.7 Å². The lowest BCUT2D eigenvalue weighted by molar-refractivity contribution is -0.125. The quantitative estimate of drug-likeness (QED) is 0.543. The number of hydrogen-bond acceptors (Lipinski definition) is 6. The number of nitrogens with zero attached hydrogens (tertiary/aromatic N) is 1. The molecular weight excluding hydrogens is 298 g/mol. The van der Waals surface area contributed by atoms with Gasteiger partial charge >= 0.3 is 0 Å². The maximum absolute atomic E-state index is 11.8. The van der Waals surface area contributed by atoms with Crippen LogP contribution in [0, 0.1) is 0 Å². The molecule has 1 aliphatic rings. The van der Waals surface area contributed by atoms with Crippen LogP contribution < -0.4 is 10.6 Å². The van der Waals surface area contributed by atoms with Crippen LogP contribution in [-0.2, 0) is 16.1 Å². The SMILES string of the molecule is CC(C)NC(=O)C[C@@H]1O[C@H](CNCc2ccccn2)[C@@H](O)[C@H]1O. The topological polar surface area (TPSA) is 104 Å². The zero-order chi connectivity index (χ0) is 16.8. The minimum absolute atomic E-state index is 0.0294. The van der Waals surface area contributed by atoms with Crippen LogP contribution in [0.4, 0.5) is 0 Å². The van der Waals surface area contributed by atoms with Crippen molar-refractivity contribution in [3.8, 4) is 0 Å². The van der Waals surface area contributed by atoms with Crippen LogP contribution in [0.5, 0.6) is 0 Å². The van der Waals surface area contributed by atoms with Crippen LogP contribution >= 0.6 is 0 Å². The molecule has 1 fully saturated rings. The summed E-state index contributed by atoms with van der Waals surface area (Å²) in [5.74, 6) is -0.196. The van der Waals surface area contributed by atoms with Crippen LogP contribution in [0.15, 0.2) is 24.4 Å². The monoisotopic (exact) mass is 323 g/mol. The summed E-state index contributed by atoms with van der Waals surface area (Å²) >= 11 is 0. The number of pyridine rings is 1. The average Bonchev–Trinajstić information content (AvgIpc) is 2.76. The molecule has 0 spiro atoms. The van der Waals surface area contributed by atoms with E-state index in [0.717, 1.165) is 5.69 Å². The van der Waals surface area contributed by atoms with Gasteiger partial charge in [-0.1, -0.05) is 6.07 Å². The standard InChI is InChI=1S/C16H25N3O4/c1-10(2)19-14(20)7-12-15(21)16(22)13(23-12)9-17-8-11-5-3-4-6-18-11/h3-6,10,12-13,15-17,21-22H,7-9H2,1-2H3,(H,19,20)/t12-,13+,15-,16+/m0/s1. The van der Waals surface area contributed by atoms with Gasteiger partial charge in [0.05, 0.1) is 24.3 Å². The summed E-state index contributed by atoms with van der Waals surface area (Å²) in [4.78, 5) is 16.0. The molecule has 1 aliphatic heterocycles. The Morgan fingerprint density at radius 3 is 2.70 bits per heavy atom. The number of carbonyl (C=O) groups is 1. The second-order valence-electron chi connectivity index (χ2n) is 6.07. The third-order valence-electron chi connectivity index (χ3n) is 3.68. The molecule has 2 heterocycles. The highest BCUT2D eigenvalue weighted by Crippen LogP contribution is 2.23. The molecule has 0 saturated carbocycles. The molecule has 7 nitrogen and oxygen atoms in total. The summed E-state index contributed by atoms with van der Waals surface area (Å²) in [6.45, 7) is 4.64. The van der Waals surface area contributed by atoms with Gasteiger partial charge in [-0.3, -0.25) is 9.78 Å².